The van der Waals surface area contributed by atoms with Gasteiger partial charge in [-0.15, -0.1) is 10.2 Å². The second-order valence-corrected chi connectivity index (χ2v) is 7.92. The molecule has 1 N–H and O–H groups in total. The highest BCUT2D eigenvalue weighted by Crippen LogP contribution is 2.30. The van der Waals surface area contributed by atoms with Gasteiger partial charge in [0.25, 0.3) is 0 Å². The monoisotopic (exact) mass is 424 g/mol. The number of allylic oxidation sites excluding steroid dienone is 1. The number of hydrogen-bond donors (Lipinski definition) is 1. The molecule has 160 valence electrons. The maximum Gasteiger partial charge on any atom is 0.205 e. The predicted molar refractivity (Wildman–Crippen MR) is 123 cm³/mol. The summed E-state index contributed by atoms with van der Waals surface area (Å²) >= 11 is 0. The van der Waals surface area contributed by atoms with Crippen LogP contribution in [0.2, 0.25) is 0 Å². The third-order valence-corrected chi connectivity index (χ3v) is 5.77. The van der Waals surface area contributed by atoms with Gasteiger partial charge in [0.15, 0.2) is 5.78 Å². The number of carbonyl (C=O) groups is 1. The molecule has 0 aliphatic heterocycles. The molecule has 0 amide bonds. The number of ketones is 1. The van der Waals surface area contributed by atoms with Crippen LogP contribution in [-0.2, 0) is 13.0 Å². The highest BCUT2D eigenvalue weighted by Gasteiger charge is 2.25. The van der Waals surface area contributed by atoms with Gasteiger partial charge in [0.2, 0.25) is 5.82 Å². The molecular weight excluding hydrogens is 400 g/mol. The van der Waals surface area contributed by atoms with Crippen molar-refractivity contribution in [3.05, 3.63) is 77.4 Å². The molecule has 0 fully saturated rings. The van der Waals surface area contributed by atoms with E-state index in [9.17, 15) is 4.79 Å². The summed E-state index contributed by atoms with van der Waals surface area (Å²) in [6, 6.07) is 16.4. The normalized spacial score (nSPS) is 13.6. The van der Waals surface area contributed by atoms with E-state index in [1.165, 1.54) is 0 Å². The van der Waals surface area contributed by atoms with Gasteiger partial charge in [-0.1, -0.05) is 61.5 Å². The highest BCUT2D eigenvalue weighted by atomic mass is 16.1. The molecule has 0 spiro atoms. The van der Waals surface area contributed by atoms with Gasteiger partial charge in [0, 0.05) is 18.5 Å². The summed E-state index contributed by atoms with van der Waals surface area (Å²) in [5.41, 5.74) is 5.87. The van der Waals surface area contributed by atoms with Crippen molar-refractivity contribution in [1.29, 1.82) is 0 Å². The second-order valence-electron chi connectivity index (χ2n) is 7.92. The van der Waals surface area contributed by atoms with Gasteiger partial charge in [-0.2, -0.15) is 5.21 Å². The minimum atomic E-state index is 0.195. The van der Waals surface area contributed by atoms with Gasteiger partial charge in [-0.25, -0.2) is 4.98 Å². The summed E-state index contributed by atoms with van der Waals surface area (Å²) in [6.45, 7) is 2.71. The van der Waals surface area contributed by atoms with Gasteiger partial charge >= 0.3 is 0 Å². The molecule has 0 saturated carbocycles. The number of hydrogen-bond acceptors (Lipinski definition) is 5. The summed E-state index contributed by atoms with van der Waals surface area (Å²) in [6.07, 6.45) is 7.40. The third-order valence-electron chi connectivity index (χ3n) is 5.77. The Bertz CT molecular complexity index is 1270. The smallest absolute Gasteiger partial charge is 0.205 e. The van der Waals surface area contributed by atoms with Crippen LogP contribution in [0.5, 0.6) is 0 Å². The number of aryl methyl sites for hydroxylation is 1. The summed E-state index contributed by atoms with van der Waals surface area (Å²) < 4.78 is 2.07. The van der Waals surface area contributed by atoms with E-state index in [4.69, 9.17) is 4.98 Å². The molecule has 2 heterocycles. The predicted octanol–water partition coefficient (Wildman–Crippen LogP) is 4.72. The van der Waals surface area contributed by atoms with Crippen molar-refractivity contribution in [2.24, 2.45) is 0 Å². The SMILES string of the molecule is CCC=Cc1nc2c(n1Cc1ccc(-c3ccccc3-c3nn[nH]n3)cc1)C(=O)CCC2. The van der Waals surface area contributed by atoms with E-state index >= 15 is 0 Å². The minimum absolute atomic E-state index is 0.195. The Kier molecular flexibility index (Phi) is 5.46. The first-order valence-electron chi connectivity index (χ1n) is 11.0. The molecule has 0 atom stereocenters. The van der Waals surface area contributed by atoms with Crippen molar-refractivity contribution in [2.45, 2.75) is 39.2 Å². The molecule has 5 rings (SSSR count). The number of tetrazole rings is 1. The molecule has 4 aromatic rings. The van der Waals surface area contributed by atoms with Gasteiger partial charge in [-0.05, 0) is 47.2 Å². The molecule has 0 bridgehead atoms. The van der Waals surface area contributed by atoms with Crippen LogP contribution in [0.3, 0.4) is 0 Å². The van der Waals surface area contributed by atoms with E-state index in [0.717, 1.165) is 58.7 Å². The fourth-order valence-electron chi connectivity index (χ4n) is 4.23. The maximum absolute atomic E-state index is 12.7. The van der Waals surface area contributed by atoms with Crippen LogP contribution in [0, 0.1) is 0 Å². The van der Waals surface area contributed by atoms with Crippen molar-refractivity contribution in [3.63, 3.8) is 0 Å². The van der Waals surface area contributed by atoms with Crippen molar-refractivity contribution >= 4 is 11.9 Å². The lowest BCUT2D eigenvalue weighted by molar-refractivity contribution is 0.0963. The Morgan fingerprint density at radius 3 is 2.62 bits per heavy atom. The van der Waals surface area contributed by atoms with Crippen LogP contribution in [0.4, 0.5) is 0 Å². The lowest BCUT2D eigenvalue weighted by atomic mass is 9.98. The Balaban J connectivity index is 1.48. The lowest BCUT2D eigenvalue weighted by Crippen LogP contribution is -2.16. The fourth-order valence-corrected chi connectivity index (χ4v) is 4.23. The van der Waals surface area contributed by atoms with Crippen LogP contribution < -0.4 is 0 Å². The number of Topliss-reactive ketones (excluding diaryl/α,β-unsaturated/α-hetero) is 1. The number of H-pyrrole nitrogens is 1. The van der Waals surface area contributed by atoms with Crippen LogP contribution in [0.25, 0.3) is 28.6 Å². The number of nitrogens with one attached hydrogen (secondary N) is 1. The number of rotatable bonds is 6. The first-order chi connectivity index (χ1) is 15.7. The molecular formula is C25H24N6O. The third kappa shape index (κ3) is 3.77. The number of fused-ring (bicyclic) bond motifs is 1. The molecule has 1 aliphatic rings. The summed E-state index contributed by atoms with van der Waals surface area (Å²) in [5.74, 6) is 1.62. The first-order valence-corrected chi connectivity index (χ1v) is 11.0. The van der Waals surface area contributed by atoms with E-state index in [1.54, 1.807) is 0 Å². The van der Waals surface area contributed by atoms with Gasteiger partial charge < -0.3 is 4.57 Å². The summed E-state index contributed by atoms with van der Waals surface area (Å²) in [7, 11) is 0. The zero-order valence-corrected chi connectivity index (χ0v) is 18.0. The zero-order valence-electron chi connectivity index (χ0n) is 18.0. The average Bonchev–Trinajstić information content (AvgIpc) is 3.47. The molecule has 0 unspecified atom stereocenters. The highest BCUT2D eigenvalue weighted by molar-refractivity contribution is 5.97. The Morgan fingerprint density at radius 2 is 1.88 bits per heavy atom. The van der Waals surface area contributed by atoms with Crippen molar-refractivity contribution in [2.75, 3.05) is 0 Å². The van der Waals surface area contributed by atoms with E-state index in [1.807, 2.05) is 24.3 Å². The minimum Gasteiger partial charge on any atom is -0.317 e. The number of carbonyl (C=O) groups excluding carboxylic acids is 1. The van der Waals surface area contributed by atoms with Crippen molar-refractivity contribution in [3.8, 4) is 22.5 Å². The van der Waals surface area contributed by atoms with E-state index < -0.39 is 0 Å². The van der Waals surface area contributed by atoms with E-state index in [0.29, 0.717) is 18.8 Å². The molecule has 0 saturated heterocycles. The first kappa shape index (κ1) is 20.1. The van der Waals surface area contributed by atoms with Crippen LogP contribution in [0.1, 0.15) is 53.8 Å². The second kappa shape index (κ2) is 8.70. The zero-order chi connectivity index (χ0) is 21.9. The summed E-state index contributed by atoms with van der Waals surface area (Å²) in [4.78, 5) is 17.4. The molecule has 2 aromatic carbocycles. The van der Waals surface area contributed by atoms with E-state index in [-0.39, 0.29) is 5.78 Å². The molecule has 32 heavy (non-hydrogen) atoms. The van der Waals surface area contributed by atoms with Crippen molar-refractivity contribution < 1.29 is 4.79 Å². The average molecular weight is 425 g/mol. The molecule has 7 nitrogen and oxygen atoms in total. The fraction of sp³-hybridized carbons (Fsp3) is 0.240. The Labute approximate surface area is 186 Å². The quantitative estimate of drug-likeness (QED) is 0.484. The molecule has 1 aliphatic carbocycles. The Morgan fingerprint density at radius 1 is 1.06 bits per heavy atom. The molecule has 7 heteroatoms. The van der Waals surface area contributed by atoms with Gasteiger partial charge in [0.1, 0.15) is 11.5 Å². The van der Waals surface area contributed by atoms with E-state index in [2.05, 4.69) is 68.5 Å². The van der Waals surface area contributed by atoms with Crippen molar-refractivity contribution in [1.82, 2.24) is 30.2 Å². The van der Waals surface area contributed by atoms with Crippen LogP contribution in [0.15, 0.2) is 54.6 Å². The summed E-state index contributed by atoms with van der Waals surface area (Å²) in [5, 5.41) is 14.5. The van der Waals surface area contributed by atoms with Crippen LogP contribution >= 0.6 is 0 Å². The molecule has 2 aromatic heterocycles. The Hall–Kier alpha value is -3.87. The lowest BCUT2D eigenvalue weighted by Gasteiger charge is -2.14. The number of benzene rings is 2. The van der Waals surface area contributed by atoms with Gasteiger partial charge in [0.05, 0.1) is 5.69 Å². The van der Waals surface area contributed by atoms with Gasteiger partial charge in [-0.3, -0.25) is 4.79 Å². The maximum atomic E-state index is 12.7. The van der Waals surface area contributed by atoms with Crippen LogP contribution in [-0.4, -0.2) is 36.0 Å². The number of nitrogens with zero attached hydrogens (tertiary/aromatic N) is 5. The standard InChI is InChI=1S/C25H24N6O/c1-2-3-11-23-26-21-9-6-10-22(32)24(21)31(23)16-17-12-14-18(15-13-17)19-7-4-5-8-20(19)25-27-29-30-28-25/h3-5,7-8,11-15H,2,6,9-10,16H2,1H3,(H,27,28,29,30). The molecule has 0 radical (unpaired) electrons. The number of imidazole rings is 1. The number of aromatic amines is 1. The topological polar surface area (TPSA) is 89.3 Å². The largest absolute Gasteiger partial charge is 0.317 e. The number of aromatic nitrogens is 6.